The first-order chi connectivity index (χ1) is 9.58. The second kappa shape index (κ2) is 6.86. The fourth-order valence-electron chi connectivity index (χ4n) is 2.79. The minimum Gasteiger partial charge on any atom is -0.478 e. The van der Waals surface area contributed by atoms with Gasteiger partial charge in [-0.15, -0.1) is 0 Å². The predicted octanol–water partition coefficient (Wildman–Crippen LogP) is 2.20. The fourth-order valence-corrected chi connectivity index (χ4v) is 2.79. The number of hydrogen-bond acceptors (Lipinski definition) is 3. The Morgan fingerprint density at radius 1 is 1.45 bits per heavy atom. The Kier molecular flexibility index (Phi) is 5.15. The van der Waals surface area contributed by atoms with Gasteiger partial charge in [-0.2, -0.15) is 0 Å². The highest BCUT2D eigenvalue weighted by Crippen LogP contribution is 2.18. The molecule has 0 saturated carbocycles. The molecule has 4 nitrogen and oxygen atoms in total. The molecule has 0 spiro atoms. The van der Waals surface area contributed by atoms with Crippen LogP contribution < -0.4 is 5.32 Å². The summed E-state index contributed by atoms with van der Waals surface area (Å²) >= 11 is 0. The van der Waals surface area contributed by atoms with Crippen molar-refractivity contribution in [2.45, 2.75) is 32.9 Å². The van der Waals surface area contributed by atoms with Crippen LogP contribution in [0.15, 0.2) is 24.3 Å². The molecule has 1 unspecified atom stereocenters. The Balaban J connectivity index is 1.81. The summed E-state index contributed by atoms with van der Waals surface area (Å²) in [6.45, 7) is 8.37. The van der Waals surface area contributed by atoms with Gasteiger partial charge in [0.25, 0.3) is 0 Å². The number of aromatic carboxylic acids is 1. The minimum absolute atomic E-state index is 0.398. The standard InChI is InChI=1S/C16H24N2O2/c1-12(2)18-8-7-13(11-18)9-17-10-14-5-3-4-6-15(14)16(19)20/h3-6,12-13,17H,7-11H2,1-2H3,(H,19,20). The summed E-state index contributed by atoms with van der Waals surface area (Å²) in [4.78, 5) is 13.6. The lowest BCUT2D eigenvalue weighted by Gasteiger charge is -2.20. The maximum Gasteiger partial charge on any atom is 0.336 e. The quantitative estimate of drug-likeness (QED) is 0.836. The topological polar surface area (TPSA) is 52.6 Å². The molecule has 0 bridgehead atoms. The molecule has 1 saturated heterocycles. The van der Waals surface area contributed by atoms with Crippen molar-refractivity contribution in [2.75, 3.05) is 19.6 Å². The zero-order chi connectivity index (χ0) is 14.5. The van der Waals surface area contributed by atoms with E-state index in [1.54, 1.807) is 12.1 Å². The molecule has 1 aromatic carbocycles. The molecule has 1 aromatic rings. The van der Waals surface area contributed by atoms with Gasteiger partial charge in [-0.25, -0.2) is 4.79 Å². The van der Waals surface area contributed by atoms with Crippen LogP contribution in [-0.2, 0) is 6.54 Å². The van der Waals surface area contributed by atoms with Crippen molar-refractivity contribution in [3.05, 3.63) is 35.4 Å². The van der Waals surface area contributed by atoms with Crippen LogP contribution in [0.4, 0.5) is 0 Å². The van der Waals surface area contributed by atoms with E-state index in [-0.39, 0.29) is 0 Å². The highest BCUT2D eigenvalue weighted by atomic mass is 16.4. The zero-order valence-electron chi connectivity index (χ0n) is 12.3. The molecule has 110 valence electrons. The van der Waals surface area contributed by atoms with Crippen molar-refractivity contribution in [1.29, 1.82) is 0 Å². The lowest BCUT2D eigenvalue weighted by Crippen LogP contribution is -2.30. The highest BCUT2D eigenvalue weighted by Gasteiger charge is 2.23. The molecule has 0 aromatic heterocycles. The van der Waals surface area contributed by atoms with E-state index in [1.165, 1.54) is 13.0 Å². The molecule has 1 heterocycles. The summed E-state index contributed by atoms with van der Waals surface area (Å²) in [5.41, 5.74) is 1.26. The third-order valence-corrected chi connectivity index (χ3v) is 4.04. The third-order valence-electron chi connectivity index (χ3n) is 4.04. The van der Waals surface area contributed by atoms with E-state index in [1.807, 2.05) is 12.1 Å². The van der Waals surface area contributed by atoms with Crippen LogP contribution >= 0.6 is 0 Å². The lowest BCUT2D eigenvalue weighted by molar-refractivity contribution is 0.0695. The Hall–Kier alpha value is -1.39. The average molecular weight is 276 g/mol. The van der Waals surface area contributed by atoms with Gasteiger partial charge in [0.15, 0.2) is 0 Å². The molecule has 20 heavy (non-hydrogen) atoms. The fraction of sp³-hybridized carbons (Fsp3) is 0.562. The van der Waals surface area contributed by atoms with Gasteiger partial charge in [0.05, 0.1) is 5.56 Å². The molecule has 0 amide bonds. The molecule has 1 fully saturated rings. The van der Waals surface area contributed by atoms with Gasteiger partial charge < -0.3 is 15.3 Å². The largest absolute Gasteiger partial charge is 0.478 e. The molecule has 0 aliphatic carbocycles. The van der Waals surface area contributed by atoms with E-state index in [0.29, 0.717) is 24.1 Å². The first-order valence-electron chi connectivity index (χ1n) is 7.34. The smallest absolute Gasteiger partial charge is 0.336 e. The van der Waals surface area contributed by atoms with E-state index in [2.05, 4.69) is 24.1 Å². The monoisotopic (exact) mass is 276 g/mol. The molecule has 0 radical (unpaired) electrons. The van der Waals surface area contributed by atoms with Crippen LogP contribution in [0.3, 0.4) is 0 Å². The summed E-state index contributed by atoms with van der Waals surface area (Å²) in [5.74, 6) is -0.177. The van der Waals surface area contributed by atoms with Gasteiger partial charge in [-0.05, 0) is 50.9 Å². The first-order valence-corrected chi connectivity index (χ1v) is 7.34. The molecular formula is C16H24N2O2. The number of benzene rings is 1. The molecule has 4 heteroatoms. The number of carboxylic acid groups (broad SMARTS) is 1. The SMILES string of the molecule is CC(C)N1CCC(CNCc2ccccc2C(=O)O)C1. The third kappa shape index (κ3) is 3.81. The van der Waals surface area contributed by atoms with E-state index in [4.69, 9.17) is 5.11 Å². The molecule has 2 rings (SSSR count). The Bertz CT molecular complexity index is 460. The number of rotatable bonds is 6. The number of hydrogen-bond donors (Lipinski definition) is 2. The number of nitrogens with zero attached hydrogens (tertiary/aromatic N) is 1. The van der Waals surface area contributed by atoms with E-state index < -0.39 is 5.97 Å². The van der Waals surface area contributed by atoms with Crippen LogP contribution in [0.1, 0.15) is 36.2 Å². The van der Waals surface area contributed by atoms with Crippen molar-refractivity contribution in [3.8, 4) is 0 Å². The maximum absolute atomic E-state index is 11.1. The van der Waals surface area contributed by atoms with Crippen molar-refractivity contribution in [1.82, 2.24) is 10.2 Å². The second-order valence-corrected chi connectivity index (χ2v) is 5.84. The van der Waals surface area contributed by atoms with Gasteiger partial charge in [-0.3, -0.25) is 0 Å². The van der Waals surface area contributed by atoms with E-state index >= 15 is 0 Å². The predicted molar refractivity (Wildman–Crippen MR) is 79.9 cm³/mol. The summed E-state index contributed by atoms with van der Waals surface area (Å²) in [7, 11) is 0. The Morgan fingerprint density at radius 3 is 2.85 bits per heavy atom. The lowest BCUT2D eigenvalue weighted by atomic mass is 10.1. The number of carbonyl (C=O) groups is 1. The van der Waals surface area contributed by atoms with Gasteiger partial charge in [0, 0.05) is 19.1 Å². The van der Waals surface area contributed by atoms with Gasteiger partial charge in [0.2, 0.25) is 0 Å². The van der Waals surface area contributed by atoms with Crippen molar-refractivity contribution in [3.63, 3.8) is 0 Å². The van der Waals surface area contributed by atoms with Gasteiger partial charge in [-0.1, -0.05) is 18.2 Å². The molecule has 1 aliphatic heterocycles. The second-order valence-electron chi connectivity index (χ2n) is 5.84. The number of likely N-dealkylation sites (tertiary alicyclic amines) is 1. The van der Waals surface area contributed by atoms with Crippen LogP contribution in [0.5, 0.6) is 0 Å². The number of nitrogens with one attached hydrogen (secondary N) is 1. The van der Waals surface area contributed by atoms with E-state index in [0.717, 1.165) is 18.7 Å². The first kappa shape index (κ1) is 15.0. The van der Waals surface area contributed by atoms with Crippen LogP contribution in [0.25, 0.3) is 0 Å². The Labute approximate surface area is 120 Å². The van der Waals surface area contributed by atoms with Crippen molar-refractivity contribution >= 4 is 5.97 Å². The van der Waals surface area contributed by atoms with Gasteiger partial charge in [0.1, 0.15) is 0 Å². The van der Waals surface area contributed by atoms with Crippen LogP contribution in [0, 0.1) is 5.92 Å². The van der Waals surface area contributed by atoms with Crippen molar-refractivity contribution < 1.29 is 9.90 Å². The van der Waals surface area contributed by atoms with Crippen LogP contribution in [-0.4, -0.2) is 41.7 Å². The highest BCUT2D eigenvalue weighted by molar-refractivity contribution is 5.89. The maximum atomic E-state index is 11.1. The normalized spacial score (nSPS) is 19.6. The minimum atomic E-state index is -0.853. The summed E-state index contributed by atoms with van der Waals surface area (Å²) in [6.07, 6.45) is 1.23. The summed E-state index contributed by atoms with van der Waals surface area (Å²) in [6, 6.07) is 7.82. The Morgan fingerprint density at radius 2 is 2.20 bits per heavy atom. The molecule has 1 aliphatic rings. The number of carboxylic acids is 1. The molecule has 2 N–H and O–H groups in total. The van der Waals surface area contributed by atoms with E-state index in [9.17, 15) is 4.79 Å². The average Bonchev–Trinajstić information content (AvgIpc) is 2.88. The van der Waals surface area contributed by atoms with Crippen molar-refractivity contribution in [2.24, 2.45) is 5.92 Å². The van der Waals surface area contributed by atoms with Gasteiger partial charge >= 0.3 is 5.97 Å². The molecular weight excluding hydrogens is 252 g/mol. The molecule has 1 atom stereocenters. The zero-order valence-corrected chi connectivity index (χ0v) is 12.3. The summed E-state index contributed by atoms with van der Waals surface area (Å²) in [5, 5.41) is 12.5. The summed E-state index contributed by atoms with van der Waals surface area (Å²) < 4.78 is 0. The van der Waals surface area contributed by atoms with Crippen LogP contribution in [0.2, 0.25) is 0 Å².